The van der Waals surface area contributed by atoms with Crippen LogP contribution in [0.25, 0.3) is 0 Å². The first kappa shape index (κ1) is 14.3. The minimum Gasteiger partial charge on any atom is -0.396 e. The lowest BCUT2D eigenvalue weighted by molar-refractivity contribution is 0.206. The van der Waals surface area contributed by atoms with Crippen LogP contribution < -0.4 is 10.6 Å². The molecule has 0 bridgehead atoms. The molecule has 20 heavy (non-hydrogen) atoms. The van der Waals surface area contributed by atoms with Crippen LogP contribution in [0.2, 0.25) is 0 Å². The van der Waals surface area contributed by atoms with Gasteiger partial charge in [-0.15, -0.1) is 0 Å². The van der Waals surface area contributed by atoms with Gasteiger partial charge in [0.15, 0.2) is 5.82 Å². The van der Waals surface area contributed by atoms with Crippen LogP contribution in [-0.2, 0) is 0 Å². The first-order chi connectivity index (χ1) is 9.49. The summed E-state index contributed by atoms with van der Waals surface area (Å²) >= 11 is 0. The van der Waals surface area contributed by atoms with E-state index in [0.29, 0.717) is 12.1 Å². The maximum atomic E-state index is 11.8. The number of urea groups is 1. The first-order valence-electron chi connectivity index (χ1n) is 6.65. The van der Waals surface area contributed by atoms with Gasteiger partial charge in [-0.25, -0.2) is 4.79 Å². The number of carbonyl (C=O) groups excluding carboxylic acids is 1. The molecular weight excluding hydrogens is 258 g/mol. The Balaban J connectivity index is 1.95. The molecule has 0 atom stereocenters. The number of amides is 2. The van der Waals surface area contributed by atoms with E-state index in [1.807, 2.05) is 19.9 Å². The fraction of sp³-hybridized carbons (Fsp3) is 0.615. The number of carbonyl (C=O) groups is 1. The molecule has 2 rings (SSSR count). The van der Waals surface area contributed by atoms with Gasteiger partial charge >= 0.3 is 6.03 Å². The number of nitrogens with one attached hydrogen (secondary N) is 2. The molecule has 1 aliphatic carbocycles. The maximum absolute atomic E-state index is 11.8. The summed E-state index contributed by atoms with van der Waals surface area (Å²) in [6.07, 6.45) is 3.46. The molecule has 0 unspecified atom stereocenters. The third kappa shape index (κ3) is 3.08. The van der Waals surface area contributed by atoms with Crippen molar-refractivity contribution in [2.75, 3.05) is 18.5 Å². The minimum absolute atomic E-state index is 0.0820. The highest BCUT2D eigenvalue weighted by molar-refractivity contribution is 5.89. The summed E-state index contributed by atoms with van der Waals surface area (Å²) in [5.41, 5.74) is 0.185. The summed E-state index contributed by atoms with van der Waals surface area (Å²) in [5.74, 6) is 0.257. The Bertz CT molecular complexity index is 539. The average Bonchev–Trinajstić information content (AvgIpc) is 3.10. The summed E-state index contributed by atoms with van der Waals surface area (Å²) in [4.78, 5) is 11.8. The molecule has 2 amide bonds. The van der Waals surface area contributed by atoms with Crippen LogP contribution in [0.5, 0.6) is 0 Å². The Labute approximate surface area is 117 Å². The molecule has 1 fully saturated rings. The number of hydrogen-bond acceptors (Lipinski definition) is 4. The third-order valence-corrected chi connectivity index (χ3v) is 3.53. The van der Waals surface area contributed by atoms with E-state index < -0.39 is 6.03 Å². The van der Waals surface area contributed by atoms with Crippen LogP contribution in [-0.4, -0.2) is 34.1 Å². The normalized spacial score (nSPS) is 15.8. The van der Waals surface area contributed by atoms with Crippen molar-refractivity contribution in [2.24, 2.45) is 5.41 Å². The second-order valence-electron chi connectivity index (χ2n) is 5.54. The number of nitrogens with zero attached hydrogens (tertiary/aromatic N) is 3. The van der Waals surface area contributed by atoms with Crippen molar-refractivity contribution in [1.29, 1.82) is 5.26 Å². The van der Waals surface area contributed by atoms with Crippen LogP contribution in [0.15, 0.2) is 6.20 Å². The molecule has 0 saturated heterocycles. The van der Waals surface area contributed by atoms with Crippen molar-refractivity contribution >= 4 is 11.8 Å². The monoisotopic (exact) mass is 277 g/mol. The zero-order chi connectivity index (χ0) is 14.8. The average molecular weight is 277 g/mol. The predicted octanol–water partition coefficient (Wildman–Crippen LogP) is 1.23. The van der Waals surface area contributed by atoms with Crippen LogP contribution in [0.1, 0.15) is 38.3 Å². The van der Waals surface area contributed by atoms with Crippen LogP contribution >= 0.6 is 0 Å². The largest absolute Gasteiger partial charge is 0.396 e. The van der Waals surface area contributed by atoms with Gasteiger partial charge in [0.25, 0.3) is 0 Å². The van der Waals surface area contributed by atoms with Crippen molar-refractivity contribution in [3.8, 4) is 6.07 Å². The second kappa shape index (κ2) is 5.51. The van der Waals surface area contributed by atoms with E-state index in [1.165, 1.54) is 0 Å². The minimum atomic E-state index is -0.407. The van der Waals surface area contributed by atoms with Gasteiger partial charge in [0.05, 0.1) is 6.61 Å². The van der Waals surface area contributed by atoms with Gasteiger partial charge in [-0.2, -0.15) is 10.4 Å². The van der Waals surface area contributed by atoms with Gasteiger partial charge in [-0.05, 0) is 26.7 Å². The lowest BCUT2D eigenvalue weighted by atomic mass is 10.1. The lowest BCUT2D eigenvalue weighted by Gasteiger charge is -2.12. The zero-order valence-electron chi connectivity index (χ0n) is 11.7. The van der Waals surface area contributed by atoms with Gasteiger partial charge in [-0.3, -0.25) is 10.00 Å². The molecule has 1 aromatic rings. The summed E-state index contributed by atoms with van der Waals surface area (Å²) in [6, 6.07) is 1.71. The molecular formula is C13H19N5O2. The van der Waals surface area contributed by atoms with Gasteiger partial charge in [0.1, 0.15) is 11.6 Å². The smallest absolute Gasteiger partial charge is 0.320 e. The molecule has 1 aliphatic rings. The van der Waals surface area contributed by atoms with E-state index in [4.69, 9.17) is 5.26 Å². The maximum Gasteiger partial charge on any atom is 0.320 e. The topological polar surface area (TPSA) is 103 Å². The van der Waals surface area contributed by atoms with Gasteiger partial charge in [0, 0.05) is 24.2 Å². The predicted molar refractivity (Wildman–Crippen MR) is 73.1 cm³/mol. The van der Waals surface area contributed by atoms with Gasteiger partial charge in [0.2, 0.25) is 0 Å². The van der Waals surface area contributed by atoms with Crippen molar-refractivity contribution in [3.63, 3.8) is 0 Å². The first-order valence-corrected chi connectivity index (χ1v) is 6.65. The van der Waals surface area contributed by atoms with E-state index in [1.54, 1.807) is 10.9 Å². The number of aromatic nitrogens is 2. The lowest BCUT2D eigenvalue weighted by Crippen LogP contribution is -2.35. The molecule has 108 valence electrons. The molecule has 1 saturated carbocycles. The molecule has 7 heteroatoms. The Morgan fingerprint density at radius 1 is 1.65 bits per heavy atom. The number of nitriles is 1. The van der Waals surface area contributed by atoms with Gasteiger partial charge < -0.3 is 10.4 Å². The molecule has 7 nitrogen and oxygen atoms in total. The van der Waals surface area contributed by atoms with Crippen molar-refractivity contribution in [1.82, 2.24) is 15.1 Å². The molecule has 1 heterocycles. The van der Waals surface area contributed by atoms with E-state index in [9.17, 15) is 9.90 Å². The zero-order valence-corrected chi connectivity index (χ0v) is 11.7. The van der Waals surface area contributed by atoms with Gasteiger partial charge in [-0.1, -0.05) is 0 Å². The molecule has 3 N–H and O–H groups in total. The Morgan fingerprint density at radius 3 is 2.85 bits per heavy atom. The molecule has 1 aromatic heterocycles. The molecule has 0 aromatic carbocycles. The standard InChI is InChI=1S/C13H19N5O2/c1-9(2)18-6-10(5-14)11(17-18)16-12(20)15-7-13(8-19)3-4-13/h6,9,19H,3-4,7-8H2,1-2H3,(H2,15,16,17,20). The number of anilines is 1. The van der Waals surface area contributed by atoms with E-state index in [-0.39, 0.29) is 23.9 Å². The molecule has 0 aliphatic heterocycles. The molecule has 0 radical (unpaired) electrons. The Hall–Kier alpha value is -2.07. The quantitative estimate of drug-likeness (QED) is 0.753. The fourth-order valence-electron chi connectivity index (χ4n) is 1.82. The highest BCUT2D eigenvalue weighted by atomic mass is 16.3. The van der Waals surface area contributed by atoms with E-state index >= 15 is 0 Å². The van der Waals surface area contributed by atoms with Crippen molar-refractivity contribution in [2.45, 2.75) is 32.7 Å². The Kier molecular flexibility index (Phi) is 3.95. The van der Waals surface area contributed by atoms with Crippen LogP contribution in [0, 0.1) is 16.7 Å². The van der Waals surface area contributed by atoms with Crippen molar-refractivity contribution < 1.29 is 9.90 Å². The number of aliphatic hydroxyl groups is 1. The van der Waals surface area contributed by atoms with E-state index in [0.717, 1.165) is 12.8 Å². The van der Waals surface area contributed by atoms with Crippen LogP contribution in [0.4, 0.5) is 10.6 Å². The van der Waals surface area contributed by atoms with Crippen LogP contribution in [0.3, 0.4) is 0 Å². The second-order valence-corrected chi connectivity index (χ2v) is 5.54. The van der Waals surface area contributed by atoms with E-state index in [2.05, 4.69) is 15.7 Å². The SMILES string of the molecule is CC(C)n1cc(C#N)c(NC(=O)NCC2(CO)CC2)n1. The summed E-state index contributed by atoms with van der Waals surface area (Å²) < 4.78 is 1.63. The fourth-order valence-corrected chi connectivity index (χ4v) is 1.82. The highest BCUT2D eigenvalue weighted by Gasteiger charge is 2.42. The molecule has 0 spiro atoms. The highest BCUT2D eigenvalue weighted by Crippen LogP contribution is 2.44. The summed E-state index contributed by atoms with van der Waals surface area (Å²) in [6.45, 7) is 4.40. The summed E-state index contributed by atoms with van der Waals surface area (Å²) in [5, 5.41) is 27.7. The number of hydrogen-bond donors (Lipinski definition) is 3. The number of aliphatic hydroxyl groups excluding tert-OH is 1. The summed E-state index contributed by atoms with van der Waals surface area (Å²) in [7, 11) is 0. The third-order valence-electron chi connectivity index (χ3n) is 3.53. The Morgan fingerprint density at radius 2 is 2.35 bits per heavy atom. The number of rotatable bonds is 5. The van der Waals surface area contributed by atoms with Crippen molar-refractivity contribution in [3.05, 3.63) is 11.8 Å².